The average molecular weight is 235 g/mol. The Morgan fingerprint density at radius 2 is 1.59 bits per heavy atom. The predicted octanol–water partition coefficient (Wildman–Crippen LogP) is 4.27. The lowest BCUT2D eigenvalue weighted by molar-refractivity contribution is 0.165. The van der Waals surface area contributed by atoms with E-state index < -0.39 is 0 Å². The maximum atomic E-state index is 3.88. The topological polar surface area (TPSA) is 12.0 Å². The van der Waals surface area contributed by atoms with Gasteiger partial charge in [0.05, 0.1) is 0 Å². The molecule has 1 heteroatoms. The molecule has 3 aliphatic rings. The largest absolute Gasteiger partial charge is 0.313 e. The monoisotopic (exact) mass is 235 g/mol. The first-order valence-electron chi connectivity index (χ1n) is 7.99. The molecule has 0 radical (unpaired) electrons. The van der Waals surface area contributed by atoms with Gasteiger partial charge in [-0.2, -0.15) is 0 Å². The molecule has 0 atom stereocenters. The summed E-state index contributed by atoms with van der Waals surface area (Å²) in [4.78, 5) is 0. The zero-order valence-electron chi connectivity index (χ0n) is 11.6. The normalized spacial score (nSPS) is 30.9. The van der Waals surface area contributed by atoms with E-state index in [2.05, 4.69) is 12.2 Å². The van der Waals surface area contributed by atoms with Crippen molar-refractivity contribution in [3.63, 3.8) is 0 Å². The van der Waals surface area contributed by atoms with Crippen molar-refractivity contribution in [2.24, 2.45) is 10.8 Å². The second kappa shape index (κ2) is 4.57. The highest BCUT2D eigenvalue weighted by atomic mass is 14.9. The first-order chi connectivity index (χ1) is 8.26. The quantitative estimate of drug-likeness (QED) is 0.767. The molecule has 0 aromatic heterocycles. The predicted molar refractivity (Wildman–Crippen MR) is 73.1 cm³/mol. The van der Waals surface area contributed by atoms with Crippen LogP contribution in [-0.4, -0.2) is 12.6 Å². The van der Waals surface area contributed by atoms with Crippen LogP contribution in [0.25, 0.3) is 0 Å². The average Bonchev–Trinajstić information content (AvgIpc) is 3.03. The second-order valence-electron chi connectivity index (χ2n) is 7.22. The van der Waals surface area contributed by atoms with Crippen LogP contribution in [0.1, 0.15) is 77.6 Å². The van der Waals surface area contributed by atoms with Crippen LogP contribution in [0.3, 0.4) is 0 Å². The summed E-state index contributed by atoms with van der Waals surface area (Å²) in [5.41, 5.74) is 1.53. The summed E-state index contributed by atoms with van der Waals surface area (Å²) >= 11 is 0. The minimum absolute atomic E-state index is 0.725. The molecule has 98 valence electrons. The van der Waals surface area contributed by atoms with Crippen LogP contribution >= 0.6 is 0 Å². The third-order valence-corrected chi connectivity index (χ3v) is 6.18. The molecule has 3 saturated carbocycles. The minimum Gasteiger partial charge on any atom is -0.313 e. The van der Waals surface area contributed by atoms with E-state index in [0.29, 0.717) is 0 Å². The Balaban J connectivity index is 1.42. The highest BCUT2D eigenvalue weighted by Gasteiger charge is 2.42. The molecule has 0 heterocycles. The van der Waals surface area contributed by atoms with E-state index in [9.17, 15) is 0 Å². The lowest BCUT2D eigenvalue weighted by Crippen LogP contribution is -2.39. The molecule has 1 N–H and O–H groups in total. The highest BCUT2D eigenvalue weighted by Crippen LogP contribution is 2.50. The van der Waals surface area contributed by atoms with Crippen molar-refractivity contribution in [1.29, 1.82) is 0 Å². The van der Waals surface area contributed by atoms with Gasteiger partial charge in [-0.25, -0.2) is 0 Å². The van der Waals surface area contributed by atoms with Gasteiger partial charge in [0, 0.05) is 12.6 Å². The lowest BCUT2D eigenvalue weighted by atomic mass is 9.71. The van der Waals surface area contributed by atoms with Crippen LogP contribution in [0.2, 0.25) is 0 Å². The summed E-state index contributed by atoms with van der Waals surface area (Å²) in [5, 5.41) is 3.88. The summed E-state index contributed by atoms with van der Waals surface area (Å²) in [6, 6.07) is 0.852. The van der Waals surface area contributed by atoms with Crippen LogP contribution < -0.4 is 5.32 Å². The van der Waals surface area contributed by atoms with Gasteiger partial charge in [0.15, 0.2) is 0 Å². The van der Waals surface area contributed by atoms with Crippen LogP contribution in [0.5, 0.6) is 0 Å². The molecule has 0 aromatic carbocycles. The molecule has 0 bridgehead atoms. The first kappa shape index (κ1) is 12.0. The van der Waals surface area contributed by atoms with Crippen molar-refractivity contribution in [2.75, 3.05) is 6.54 Å². The van der Waals surface area contributed by atoms with Gasteiger partial charge < -0.3 is 5.32 Å². The van der Waals surface area contributed by atoms with Crippen molar-refractivity contribution in [3.05, 3.63) is 0 Å². The minimum atomic E-state index is 0.725. The SMILES string of the molecule is CCC1(CNC2CCC3(CCCC3)CC2)CC1. The van der Waals surface area contributed by atoms with Crippen molar-refractivity contribution in [2.45, 2.75) is 83.6 Å². The molecule has 0 saturated heterocycles. The van der Waals surface area contributed by atoms with E-state index in [1.807, 2.05) is 0 Å². The molecule has 3 rings (SSSR count). The van der Waals surface area contributed by atoms with E-state index in [1.165, 1.54) is 64.3 Å². The van der Waals surface area contributed by atoms with E-state index >= 15 is 0 Å². The fourth-order valence-electron chi connectivity index (χ4n) is 4.25. The van der Waals surface area contributed by atoms with Gasteiger partial charge in [0.25, 0.3) is 0 Å². The maximum absolute atomic E-state index is 3.88. The summed E-state index contributed by atoms with van der Waals surface area (Å²) < 4.78 is 0. The standard InChI is InChI=1S/C16H29N/c1-2-15(11-12-15)13-17-14-5-9-16(10-6-14)7-3-4-8-16/h14,17H,2-13H2,1H3. The van der Waals surface area contributed by atoms with Crippen molar-refractivity contribution in [3.8, 4) is 0 Å². The fourth-order valence-corrected chi connectivity index (χ4v) is 4.25. The van der Waals surface area contributed by atoms with Crippen LogP contribution in [0, 0.1) is 10.8 Å². The summed E-state index contributed by atoms with van der Waals surface area (Å²) in [7, 11) is 0. The van der Waals surface area contributed by atoms with Crippen molar-refractivity contribution >= 4 is 0 Å². The number of hydrogen-bond acceptors (Lipinski definition) is 1. The van der Waals surface area contributed by atoms with Crippen LogP contribution in [-0.2, 0) is 0 Å². The molecule has 3 aliphatic carbocycles. The molecule has 0 amide bonds. The Hall–Kier alpha value is -0.0400. The van der Waals surface area contributed by atoms with E-state index in [-0.39, 0.29) is 0 Å². The van der Waals surface area contributed by atoms with Crippen LogP contribution in [0.15, 0.2) is 0 Å². The van der Waals surface area contributed by atoms with Gasteiger partial charge in [-0.1, -0.05) is 19.8 Å². The van der Waals surface area contributed by atoms with Gasteiger partial charge in [-0.15, -0.1) is 0 Å². The van der Waals surface area contributed by atoms with Gasteiger partial charge in [0.2, 0.25) is 0 Å². The van der Waals surface area contributed by atoms with Gasteiger partial charge in [-0.3, -0.25) is 0 Å². The molecular weight excluding hydrogens is 206 g/mol. The van der Waals surface area contributed by atoms with E-state index in [4.69, 9.17) is 0 Å². The Bertz CT molecular complexity index is 251. The Morgan fingerprint density at radius 1 is 0.941 bits per heavy atom. The van der Waals surface area contributed by atoms with E-state index in [1.54, 1.807) is 12.8 Å². The number of hydrogen-bond donors (Lipinski definition) is 1. The molecule has 0 aromatic rings. The summed E-state index contributed by atoms with van der Waals surface area (Å²) in [6.45, 7) is 3.67. The van der Waals surface area contributed by atoms with Gasteiger partial charge in [-0.05, 0) is 68.6 Å². The third-order valence-electron chi connectivity index (χ3n) is 6.18. The second-order valence-corrected chi connectivity index (χ2v) is 7.22. The zero-order valence-corrected chi connectivity index (χ0v) is 11.6. The molecule has 0 unspecified atom stereocenters. The fraction of sp³-hybridized carbons (Fsp3) is 1.00. The van der Waals surface area contributed by atoms with Crippen molar-refractivity contribution in [1.82, 2.24) is 5.32 Å². The summed E-state index contributed by atoms with van der Waals surface area (Å²) in [6.07, 6.45) is 16.4. The molecule has 17 heavy (non-hydrogen) atoms. The zero-order chi connectivity index (χ0) is 11.8. The maximum Gasteiger partial charge on any atom is 0.00677 e. The molecule has 0 aliphatic heterocycles. The summed E-state index contributed by atoms with van der Waals surface area (Å²) in [5.74, 6) is 0. The van der Waals surface area contributed by atoms with Gasteiger partial charge in [0.1, 0.15) is 0 Å². The molecular formula is C16H29N. The van der Waals surface area contributed by atoms with E-state index in [0.717, 1.165) is 16.9 Å². The first-order valence-corrected chi connectivity index (χ1v) is 7.99. The lowest BCUT2D eigenvalue weighted by Gasteiger charge is -2.38. The Labute approximate surface area is 107 Å². The Morgan fingerprint density at radius 3 is 2.12 bits per heavy atom. The number of nitrogens with one attached hydrogen (secondary N) is 1. The highest BCUT2D eigenvalue weighted by molar-refractivity contribution is 4.96. The third kappa shape index (κ3) is 2.54. The molecule has 1 spiro atoms. The Kier molecular flexibility index (Phi) is 3.23. The molecule has 1 nitrogen and oxygen atoms in total. The smallest absolute Gasteiger partial charge is 0.00677 e. The number of rotatable bonds is 4. The molecule has 3 fully saturated rings. The van der Waals surface area contributed by atoms with Crippen LogP contribution in [0.4, 0.5) is 0 Å². The van der Waals surface area contributed by atoms with Crippen molar-refractivity contribution < 1.29 is 0 Å². The van der Waals surface area contributed by atoms with Gasteiger partial charge >= 0.3 is 0 Å².